The van der Waals surface area contributed by atoms with E-state index in [-0.39, 0.29) is 0 Å². The predicted molar refractivity (Wildman–Crippen MR) is 73.1 cm³/mol. The Morgan fingerprint density at radius 3 is 2.44 bits per heavy atom. The summed E-state index contributed by atoms with van der Waals surface area (Å²) in [6.07, 6.45) is 3.05. The van der Waals surface area contributed by atoms with Crippen molar-refractivity contribution in [1.29, 1.82) is 0 Å². The van der Waals surface area contributed by atoms with Crippen LogP contribution >= 0.6 is 0 Å². The first kappa shape index (κ1) is 15.9. The summed E-state index contributed by atoms with van der Waals surface area (Å²) in [5, 5.41) is 3.42. The normalized spacial score (nSPS) is 19.6. The lowest BCUT2D eigenvalue weighted by Crippen LogP contribution is -2.45. The fourth-order valence-electron chi connectivity index (χ4n) is 2.05. The largest absolute Gasteiger partial charge is 0.380 e. The second kappa shape index (κ2) is 7.43. The van der Waals surface area contributed by atoms with Crippen LogP contribution < -0.4 is 5.32 Å². The maximum absolute atomic E-state index is 11.3. The van der Waals surface area contributed by atoms with Crippen LogP contribution in [0.2, 0.25) is 0 Å². The van der Waals surface area contributed by atoms with E-state index in [2.05, 4.69) is 19.2 Å². The third kappa shape index (κ3) is 6.13. The predicted octanol–water partition coefficient (Wildman–Crippen LogP) is 0.673. The Labute approximate surface area is 111 Å². The van der Waals surface area contributed by atoms with Gasteiger partial charge in [0.15, 0.2) is 0 Å². The third-order valence-electron chi connectivity index (χ3n) is 3.05. The molecule has 0 radical (unpaired) electrons. The molecule has 1 rings (SSSR count). The highest BCUT2D eigenvalue weighted by Gasteiger charge is 2.24. The van der Waals surface area contributed by atoms with Crippen LogP contribution in [0.25, 0.3) is 0 Å². The molecule has 0 saturated carbocycles. The summed E-state index contributed by atoms with van der Waals surface area (Å²) in [4.78, 5) is 0. The summed E-state index contributed by atoms with van der Waals surface area (Å²) in [5.74, 6) is 0.572. The molecule has 0 aromatic carbocycles. The zero-order chi connectivity index (χ0) is 13.6. The number of hydrogen-bond acceptors (Lipinski definition) is 4. The number of piperidine rings is 1. The maximum atomic E-state index is 11.3. The van der Waals surface area contributed by atoms with E-state index in [0.717, 1.165) is 32.6 Å². The highest BCUT2D eigenvalue weighted by Crippen LogP contribution is 2.12. The van der Waals surface area contributed by atoms with Crippen molar-refractivity contribution in [2.24, 2.45) is 5.92 Å². The zero-order valence-electron chi connectivity index (χ0n) is 11.7. The highest BCUT2D eigenvalue weighted by molar-refractivity contribution is 7.88. The first-order valence-corrected chi connectivity index (χ1v) is 8.50. The smallest absolute Gasteiger partial charge is 0.211 e. The first-order valence-electron chi connectivity index (χ1n) is 6.66. The number of sulfonamides is 1. The molecule has 0 aliphatic carbocycles. The van der Waals surface area contributed by atoms with E-state index in [4.69, 9.17) is 4.74 Å². The van der Waals surface area contributed by atoms with Gasteiger partial charge >= 0.3 is 0 Å². The molecule has 6 heteroatoms. The van der Waals surface area contributed by atoms with Gasteiger partial charge in [0.1, 0.15) is 0 Å². The summed E-state index contributed by atoms with van der Waals surface area (Å²) >= 11 is 0. The topological polar surface area (TPSA) is 58.6 Å². The van der Waals surface area contributed by atoms with E-state index in [1.165, 1.54) is 6.26 Å². The van der Waals surface area contributed by atoms with Crippen molar-refractivity contribution >= 4 is 10.0 Å². The number of hydrogen-bond donors (Lipinski definition) is 1. The van der Waals surface area contributed by atoms with Crippen LogP contribution in [0.1, 0.15) is 26.7 Å². The Balaban J connectivity index is 2.09. The zero-order valence-corrected chi connectivity index (χ0v) is 12.5. The van der Waals surface area contributed by atoms with E-state index in [1.807, 2.05) is 0 Å². The van der Waals surface area contributed by atoms with Crippen molar-refractivity contribution in [2.75, 3.05) is 39.1 Å². The van der Waals surface area contributed by atoms with Crippen LogP contribution in [0.15, 0.2) is 0 Å². The number of ether oxygens (including phenoxy) is 1. The molecule has 1 heterocycles. The number of nitrogens with one attached hydrogen (secondary N) is 1. The van der Waals surface area contributed by atoms with Crippen LogP contribution in [0, 0.1) is 5.92 Å². The van der Waals surface area contributed by atoms with Crippen molar-refractivity contribution in [2.45, 2.75) is 32.7 Å². The molecular formula is C12H26N2O3S. The van der Waals surface area contributed by atoms with Crippen LogP contribution in [0.3, 0.4) is 0 Å². The molecule has 108 valence electrons. The summed E-state index contributed by atoms with van der Waals surface area (Å²) in [6, 6.07) is 0.422. The minimum Gasteiger partial charge on any atom is -0.380 e. The number of nitrogens with zero attached hydrogens (tertiary/aromatic N) is 1. The van der Waals surface area contributed by atoms with Crippen molar-refractivity contribution in [3.63, 3.8) is 0 Å². The van der Waals surface area contributed by atoms with Gasteiger partial charge in [-0.1, -0.05) is 13.8 Å². The molecule has 0 aromatic heterocycles. The van der Waals surface area contributed by atoms with Gasteiger partial charge in [-0.05, 0) is 18.8 Å². The van der Waals surface area contributed by atoms with E-state index in [0.29, 0.717) is 25.0 Å². The average Bonchev–Trinajstić information content (AvgIpc) is 2.27. The molecular weight excluding hydrogens is 252 g/mol. The van der Waals surface area contributed by atoms with Gasteiger partial charge in [0.25, 0.3) is 0 Å². The quantitative estimate of drug-likeness (QED) is 0.696. The van der Waals surface area contributed by atoms with Gasteiger partial charge in [0.2, 0.25) is 10.0 Å². The molecule has 1 aliphatic heterocycles. The van der Waals surface area contributed by atoms with Crippen LogP contribution in [-0.2, 0) is 14.8 Å². The molecule has 0 spiro atoms. The van der Waals surface area contributed by atoms with Crippen LogP contribution in [-0.4, -0.2) is 57.9 Å². The summed E-state index contributed by atoms with van der Waals surface area (Å²) in [7, 11) is -3.01. The van der Waals surface area contributed by atoms with Gasteiger partial charge in [0, 0.05) is 32.3 Å². The third-order valence-corrected chi connectivity index (χ3v) is 4.36. The second-order valence-electron chi connectivity index (χ2n) is 5.36. The van der Waals surface area contributed by atoms with Crippen molar-refractivity contribution in [3.05, 3.63) is 0 Å². The Morgan fingerprint density at radius 1 is 1.33 bits per heavy atom. The van der Waals surface area contributed by atoms with E-state index < -0.39 is 10.0 Å². The Hall–Kier alpha value is -0.170. The van der Waals surface area contributed by atoms with E-state index >= 15 is 0 Å². The molecule has 1 saturated heterocycles. The van der Waals surface area contributed by atoms with Crippen LogP contribution in [0.4, 0.5) is 0 Å². The summed E-state index contributed by atoms with van der Waals surface area (Å²) in [5.41, 5.74) is 0. The maximum Gasteiger partial charge on any atom is 0.211 e. The van der Waals surface area contributed by atoms with Crippen LogP contribution in [0.5, 0.6) is 0 Å². The Bertz CT molecular complexity index is 322. The molecule has 1 N–H and O–H groups in total. The Kier molecular flexibility index (Phi) is 6.55. The fraction of sp³-hybridized carbons (Fsp3) is 1.00. The minimum absolute atomic E-state index is 0.422. The molecule has 0 unspecified atom stereocenters. The molecule has 5 nitrogen and oxygen atoms in total. The molecule has 0 bridgehead atoms. The lowest BCUT2D eigenvalue weighted by Gasteiger charge is -2.30. The lowest BCUT2D eigenvalue weighted by molar-refractivity contribution is 0.108. The van der Waals surface area contributed by atoms with Gasteiger partial charge in [-0.25, -0.2) is 12.7 Å². The van der Waals surface area contributed by atoms with Gasteiger partial charge in [0.05, 0.1) is 12.9 Å². The molecule has 0 aromatic rings. The minimum atomic E-state index is -3.01. The molecule has 18 heavy (non-hydrogen) atoms. The molecule has 1 fully saturated rings. The molecule has 0 atom stereocenters. The lowest BCUT2D eigenvalue weighted by atomic mass is 10.1. The van der Waals surface area contributed by atoms with Gasteiger partial charge in [-0.15, -0.1) is 0 Å². The summed E-state index contributed by atoms with van der Waals surface area (Å²) in [6.45, 7) is 7.89. The second-order valence-corrected chi connectivity index (χ2v) is 7.34. The van der Waals surface area contributed by atoms with Gasteiger partial charge < -0.3 is 10.1 Å². The standard InChI is InChI=1S/C12H26N2O3S/c1-11(2)10-17-9-6-13-12-4-7-14(8-5-12)18(3,15)16/h11-13H,4-10H2,1-3H3. The average molecular weight is 278 g/mol. The van der Waals surface area contributed by atoms with Crippen molar-refractivity contribution in [3.8, 4) is 0 Å². The van der Waals surface area contributed by atoms with Gasteiger partial charge in [-0.2, -0.15) is 0 Å². The molecule has 0 amide bonds. The Morgan fingerprint density at radius 2 is 1.94 bits per heavy atom. The SMILES string of the molecule is CC(C)COCCNC1CCN(S(C)(=O)=O)CC1. The summed E-state index contributed by atoms with van der Waals surface area (Å²) < 4.78 is 29.7. The number of rotatable bonds is 7. The first-order chi connectivity index (χ1) is 8.39. The van der Waals surface area contributed by atoms with E-state index in [1.54, 1.807) is 4.31 Å². The molecule has 1 aliphatic rings. The monoisotopic (exact) mass is 278 g/mol. The van der Waals surface area contributed by atoms with Crippen molar-refractivity contribution < 1.29 is 13.2 Å². The fourth-order valence-corrected chi connectivity index (χ4v) is 2.92. The van der Waals surface area contributed by atoms with Gasteiger partial charge in [-0.3, -0.25) is 0 Å². The van der Waals surface area contributed by atoms with E-state index in [9.17, 15) is 8.42 Å². The van der Waals surface area contributed by atoms with Crippen molar-refractivity contribution in [1.82, 2.24) is 9.62 Å². The highest BCUT2D eigenvalue weighted by atomic mass is 32.2.